The van der Waals surface area contributed by atoms with Crippen molar-refractivity contribution in [2.24, 2.45) is 0 Å². The van der Waals surface area contributed by atoms with Crippen LogP contribution in [0.25, 0.3) is 17.3 Å². The second kappa shape index (κ2) is 6.57. The molecule has 0 aliphatic rings. The number of ketones is 1. The number of hydrogen-bond acceptors (Lipinski definition) is 4. The number of benzene rings is 1. The lowest BCUT2D eigenvalue weighted by Gasteiger charge is -2.01. The Balaban J connectivity index is 2.00. The predicted molar refractivity (Wildman–Crippen MR) is 90.4 cm³/mol. The maximum Gasteiger partial charge on any atom is 0.207 e. The van der Waals surface area contributed by atoms with Crippen molar-refractivity contribution in [3.63, 3.8) is 0 Å². The molecule has 0 amide bonds. The molecule has 0 aliphatic heterocycles. The van der Waals surface area contributed by atoms with Crippen LogP contribution in [-0.2, 0) is 0 Å². The Morgan fingerprint density at radius 1 is 1.33 bits per heavy atom. The van der Waals surface area contributed by atoms with Crippen molar-refractivity contribution < 1.29 is 9.21 Å². The molecule has 0 saturated carbocycles. The Morgan fingerprint density at radius 3 is 2.71 bits per heavy atom. The zero-order chi connectivity index (χ0) is 17.1. The van der Waals surface area contributed by atoms with Crippen LogP contribution < -0.4 is 0 Å². The third-order valence-electron chi connectivity index (χ3n) is 3.57. The number of nitrogens with zero attached hydrogens (tertiary/aromatic N) is 2. The van der Waals surface area contributed by atoms with E-state index in [0.29, 0.717) is 27.6 Å². The molecule has 24 heavy (non-hydrogen) atoms. The zero-order valence-corrected chi connectivity index (χ0v) is 13.5. The van der Waals surface area contributed by atoms with Gasteiger partial charge in [0, 0.05) is 16.1 Å². The van der Waals surface area contributed by atoms with Crippen LogP contribution in [0.4, 0.5) is 0 Å². The van der Waals surface area contributed by atoms with Gasteiger partial charge in [-0.2, -0.15) is 10.4 Å². The number of H-pyrrole nitrogens is 1. The van der Waals surface area contributed by atoms with E-state index in [0.717, 1.165) is 5.56 Å². The highest BCUT2D eigenvalue weighted by molar-refractivity contribution is 6.30. The molecule has 0 aliphatic carbocycles. The Hall–Kier alpha value is -3.10. The van der Waals surface area contributed by atoms with Gasteiger partial charge >= 0.3 is 0 Å². The SMILES string of the molecule is Cc1occc1C(=O)/C(C#N)=C/c1cn[nH]c1-c1ccc(Cl)cc1. The number of Topliss-reactive ketones (excluding diaryl/α,β-unsaturated/α-hetero) is 1. The van der Waals surface area contributed by atoms with E-state index in [9.17, 15) is 10.1 Å². The molecule has 5 nitrogen and oxygen atoms in total. The lowest BCUT2D eigenvalue weighted by atomic mass is 10.0. The minimum absolute atomic E-state index is 0.0103. The topological polar surface area (TPSA) is 82.7 Å². The molecular weight excluding hydrogens is 326 g/mol. The van der Waals surface area contributed by atoms with Crippen LogP contribution in [0.5, 0.6) is 0 Å². The van der Waals surface area contributed by atoms with Gasteiger partial charge in [0.1, 0.15) is 17.4 Å². The molecule has 0 atom stereocenters. The summed E-state index contributed by atoms with van der Waals surface area (Å²) < 4.78 is 5.13. The molecule has 0 radical (unpaired) electrons. The van der Waals surface area contributed by atoms with Crippen LogP contribution in [0.2, 0.25) is 5.02 Å². The van der Waals surface area contributed by atoms with Crippen molar-refractivity contribution in [2.45, 2.75) is 6.92 Å². The average Bonchev–Trinajstić information content (AvgIpc) is 3.21. The highest BCUT2D eigenvalue weighted by Gasteiger charge is 2.17. The minimum atomic E-state index is -0.382. The normalized spacial score (nSPS) is 11.3. The Kier molecular flexibility index (Phi) is 4.32. The number of aromatic amines is 1. The number of furan rings is 1. The number of nitriles is 1. The smallest absolute Gasteiger partial charge is 0.207 e. The highest BCUT2D eigenvalue weighted by atomic mass is 35.5. The Labute approximate surface area is 143 Å². The van der Waals surface area contributed by atoms with Crippen molar-refractivity contribution >= 4 is 23.5 Å². The van der Waals surface area contributed by atoms with Crippen LogP contribution in [0, 0.1) is 18.3 Å². The fourth-order valence-corrected chi connectivity index (χ4v) is 2.45. The van der Waals surface area contributed by atoms with Gasteiger partial charge in [0.2, 0.25) is 5.78 Å². The van der Waals surface area contributed by atoms with Crippen molar-refractivity contribution in [1.82, 2.24) is 10.2 Å². The molecule has 6 heteroatoms. The van der Waals surface area contributed by atoms with Gasteiger partial charge in [-0.25, -0.2) is 0 Å². The van der Waals surface area contributed by atoms with E-state index in [4.69, 9.17) is 16.0 Å². The lowest BCUT2D eigenvalue weighted by molar-refractivity contribution is 0.103. The summed E-state index contributed by atoms with van der Waals surface area (Å²) in [5.74, 6) is 0.0956. The summed E-state index contributed by atoms with van der Waals surface area (Å²) in [6.45, 7) is 1.68. The molecule has 0 bridgehead atoms. The molecular formula is C18H12ClN3O2. The summed E-state index contributed by atoms with van der Waals surface area (Å²) in [7, 11) is 0. The first-order valence-electron chi connectivity index (χ1n) is 7.10. The first-order chi connectivity index (χ1) is 11.6. The number of allylic oxidation sites excluding steroid dienone is 1. The van der Waals surface area contributed by atoms with E-state index < -0.39 is 0 Å². The van der Waals surface area contributed by atoms with Crippen molar-refractivity contribution in [2.75, 3.05) is 0 Å². The first-order valence-corrected chi connectivity index (χ1v) is 7.48. The fraction of sp³-hybridized carbons (Fsp3) is 0.0556. The van der Waals surface area contributed by atoms with Gasteiger partial charge in [0.25, 0.3) is 0 Å². The molecule has 3 aromatic rings. The summed E-state index contributed by atoms with van der Waals surface area (Å²) in [4.78, 5) is 12.5. The quantitative estimate of drug-likeness (QED) is 0.434. The summed E-state index contributed by atoms with van der Waals surface area (Å²) >= 11 is 5.90. The van der Waals surface area contributed by atoms with Crippen molar-refractivity contribution in [1.29, 1.82) is 5.26 Å². The number of halogens is 1. The van der Waals surface area contributed by atoms with E-state index in [2.05, 4.69) is 10.2 Å². The summed E-state index contributed by atoms with van der Waals surface area (Å²) in [5.41, 5.74) is 2.59. The van der Waals surface area contributed by atoms with E-state index in [-0.39, 0.29) is 11.4 Å². The number of aromatic nitrogens is 2. The maximum atomic E-state index is 12.5. The number of hydrogen-bond donors (Lipinski definition) is 1. The van der Waals surface area contributed by atoms with Crippen LogP contribution >= 0.6 is 11.6 Å². The Morgan fingerprint density at radius 2 is 2.08 bits per heavy atom. The number of nitrogens with one attached hydrogen (secondary N) is 1. The van der Waals surface area contributed by atoms with Gasteiger partial charge in [-0.15, -0.1) is 0 Å². The van der Waals surface area contributed by atoms with Gasteiger partial charge in [0.05, 0.1) is 23.7 Å². The van der Waals surface area contributed by atoms with Crippen molar-refractivity contribution in [3.8, 4) is 17.3 Å². The standard InChI is InChI=1S/C18H12ClN3O2/c1-11-16(6-7-24-11)18(23)13(9-20)8-14-10-21-22-17(14)12-2-4-15(19)5-3-12/h2-8,10H,1H3,(H,21,22)/b13-8+. The molecule has 3 rings (SSSR count). The molecule has 0 fully saturated rings. The molecule has 1 aromatic carbocycles. The van der Waals surface area contributed by atoms with Gasteiger partial charge in [-0.1, -0.05) is 23.7 Å². The fourth-order valence-electron chi connectivity index (χ4n) is 2.32. The van der Waals surface area contributed by atoms with Gasteiger partial charge in [-0.3, -0.25) is 9.89 Å². The molecule has 0 unspecified atom stereocenters. The van der Waals surface area contributed by atoms with Gasteiger partial charge < -0.3 is 4.42 Å². The predicted octanol–water partition coefficient (Wildman–Crippen LogP) is 4.42. The number of rotatable bonds is 4. The van der Waals surface area contributed by atoms with Gasteiger partial charge in [-0.05, 0) is 31.2 Å². The van der Waals surface area contributed by atoms with E-state index >= 15 is 0 Å². The first kappa shape index (κ1) is 15.8. The largest absolute Gasteiger partial charge is 0.469 e. The van der Waals surface area contributed by atoms with E-state index in [1.165, 1.54) is 12.3 Å². The van der Waals surface area contributed by atoms with Crippen LogP contribution in [0.1, 0.15) is 21.7 Å². The Bertz CT molecular complexity index is 959. The molecule has 2 aromatic heterocycles. The molecule has 1 N–H and O–H groups in total. The van der Waals surface area contributed by atoms with Crippen LogP contribution in [0.3, 0.4) is 0 Å². The molecule has 0 spiro atoms. The lowest BCUT2D eigenvalue weighted by Crippen LogP contribution is -2.02. The van der Waals surface area contributed by atoms with E-state index in [1.54, 1.807) is 31.3 Å². The third kappa shape index (κ3) is 3.00. The summed E-state index contributed by atoms with van der Waals surface area (Å²) in [6.07, 6.45) is 4.51. The number of carbonyl (C=O) groups is 1. The summed E-state index contributed by atoms with van der Waals surface area (Å²) in [6, 6.07) is 10.7. The van der Waals surface area contributed by atoms with Gasteiger partial charge in [0.15, 0.2) is 0 Å². The molecule has 0 saturated heterocycles. The van der Waals surface area contributed by atoms with Crippen molar-refractivity contribution in [3.05, 3.63) is 70.3 Å². The maximum absolute atomic E-state index is 12.5. The summed E-state index contributed by atoms with van der Waals surface area (Å²) in [5, 5.41) is 16.9. The number of aryl methyl sites for hydroxylation is 1. The monoisotopic (exact) mass is 337 g/mol. The number of carbonyl (C=O) groups excluding carboxylic acids is 1. The average molecular weight is 338 g/mol. The highest BCUT2D eigenvalue weighted by Crippen LogP contribution is 2.25. The van der Waals surface area contributed by atoms with E-state index in [1.807, 2.05) is 18.2 Å². The van der Waals surface area contributed by atoms with Crippen LogP contribution in [-0.4, -0.2) is 16.0 Å². The second-order valence-corrected chi connectivity index (χ2v) is 5.53. The molecule has 2 heterocycles. The second-order valence-electron chi connectivity index (χ2n) is 5.10. The molecule has 118 valence electrons. The zero-order valence-electron chi connectivity index (χ0n) is 12.7. The minimum Gasteiger partial charge on any atom is -0.469 e. The third-order valence-corrected chi connectivity index (χ3v) is 3.82. The van der Waals surface area contributed by atoms with Crippen LogP contribution in [0.15, 0.2) is 52.8 Å².